The number of halogens is 1. The lowest BCUT2D eigenvalue weighted by Gasteiger charge is -2.14. The third kappa shape index (κ3) is 4.77. The maximum atomic E-state index is 12.1. The minimum atomic E-state index is -1.05. The molecule has 2 aromatic carbocycles. The number of esters is 1. The van der Waals surface area contributed by atoms with Gasteiger partial charge in [0.25, 0.3) is 11.6 Å². The van der Waals surface area contributed by atoms with Gasteiger partial charge in [0.2, 0.25) is 0 Å². The van der Waals surface area contributed by atoms with Crippen LogP contribution in [0.3, 0.4) is 0 Å². The average Bonchev–Trinajstić information content (AvgIpc) is 2.54. The zero-order chi connectivity index (χ0) is 18.6. The quantitative estimate of drug-likeness (QED) is 0.496. The minimum Gasteiger partial charge on any atom is -0.449 e. The lowest BCUT2D eigenvalue weighted by Crippen LogP contribution is -2.30. The van der Waals surface area contributed by atoms with Gasteiger partial charge in [-0.05, 0) is 44.2 Å². The van der Waals surface area contributed by atoms with Crippen LogP contribution in [0.1, 0.15) is 22.8 Å². The van der Waals surface area contributed by atoms with Crippen LogP contribution in [-0.2, 0) is 9.53 Å². The van der Waals surface area contributed by atoms with E-state index in [4.69, 9.17) is 16.3 Å². The van der Waals surface area contributed by atoms with Crippen molar-refractivity contribution < 1.29 is 19.2 Å². The first kappa shape index (κ1) is 18.4. The lowest BCUT2D eigenvalue weighted by molar-refractivity contribution is -0.385. The van der Waals surface area contributed by atoms with Crippen molar-refractivity contribution in [3.05, 3.63) is 68.7 Å². The molecule has 130 valence electrons. The number of nitrogens with one attached hydrogen (secondary N) is 1. The molecule has 2 aromatic rings. The summed E-state index contributed by atoms with van der Waals surface area (Å²) < 4.78 is 5.10. The van der Waals surface area contributed by atoms with E-state index < -0.39 is 22.9 Å². The Bertz CT molecular complexity index is 838. The van der Waals surface area contributed by atoms with Crippen LogP contribution in [0.4, 0.5) is 11.4 Å². The van der Waals surface area contributed by atoms with Crippen LogP contribution in [0.2, 0.25) is 5.02 Å². The van der Waals surface area contributed by atoms with E-state index in [0.29, 0.717) is 16.3 Å². The van der Waals surface area contributed by atoms with Crippen molar-refractivity contribution in [2.75, 3.05) is 5.32 Å². The van der Waals surface area contributed by atoms with Gasteiger partial charge in [-0.15, -0.1) is 0 Å². The summed E-state index contributed by atoms with van der Waals surface area (Å²) in [7, 11) is 0. The lowest BCUT2D eigenvalue weighted by atomic mass is 10.1. The fourth-order valence-electron chi connectivity index (χ4n) is 2.08. The van der Waals surface area contributed by atoms with Gasteiger partial charge < -0.3 is 10.1 Å². The summed E-state index contributed by atoms with van der Waals surface area (Å²) in [4.78, 5) is 34.4. The number of carbonyl (C=O) groups is 2. The van der Waals surface area contributed by atoms with Gasteiger partial charge in [-0.3, -0.25) is 14.9 Å². The number of nitro groups is 1. The first-order valence-electron chi connectivity index (χ1n) is 7.30. The number of anilines is 1. The van der Waals surface area contributed by atoms with Crippen LogP contribution in [-0.4, -0.2) is 22.9 Å². The number of hydrogen-bond donors (Lipinski definition) is 1. The summed E-state index contributed by atoms with van der Waals surface area (Å²) in [6.07, 6.45) is -1.05. The molecule has 0 aromatic heterocycles. The highest BCUT2D eigenvalue weighted by Crippen LogP contribution is 2.20. The third-order valence-electron chi connectivity index (χ3n) is 3.37. The van der Waals surface area contributed by atoms with Crippen LogP contribution in [0.15, 0.2) is 42.5 Å². The van der Waals surface area contributed by atoms with Crippen molar-refractivity contribution in [2.45, 2.75) is 20.0 Å². The molecule has 0 aliphatic carbocycles. The molecule has 0 aliphatic heterocycles. The van der Waals surface area contributed by atoms with Gasteiger partial charge in [-0.1, -0.05) is 17.7 Å². The molecule has 0 fully saturated rings. The molecule has 0 unspecified atom stereocenters. The topological polar surface area (TPSA) is 98.5 Å². The first-order valence-corrected chi connectivity index (χ1v) is 7.68. The van der Waals surface area contributed by atoms with E-state index in [1.165, 1.54) is 32.0 Å². The Morgan fingerprint density at radius 2 is 1.96 bits per heavy atom. The molecular formula is C17H15ClN2O5. The predicted octanol–water partition coefficient (Wildman–Crippen LogP) is 3.74. The second-order valence-corrected chi connectivity index (χ2v) is 5.74. The van der Waals surface area contributed by atoms with Gasteiger partial charge in [-0.25, -0.2) is 4.79 Å². The van der Waals surface area contributed by atoms with E-state index in [0.717, 1.165) is 0 Å². The normalized spacial score (nSPS) is 11.5. The Morgan fingerprint density at radius 3 is 2.56 bits per heavy atom. The van der Waals surface area contributed by atoms with Gasteiger partial charge in [0.15, 0.2) is 6.10 Å². The molecule has 7 nitrogen and oxygen atoms in total. The number of rotatable bonds is 5. The fourth-order valence-corrected chi connectivity index (χ4v) is 2.27. The van der Waals surface area contributed by atoms with Gasteiger partial charge in [0.1, 0.15) is 0 Å². The maximum Gasteiger partial charge on any atom is 0.338 e. The maximum absolute atomic E-state index is 12.1. The number of nitro benzene ring substituents is 1. The molecule has 0 aliphatic rings. The van der Waals surface area contributed by atoms with Crippen molar-refractivity contribution >= 4 is 34.9 Å². The van der Waals surface area contributed by atoms with Crippen LogP contribution in [0, 0.1) is 17.0 Å². The summed E-state index contributed by atoms with van der Waals surface area (Å²) >= 11 is 5.84. The SMILES string of the molecule is Cc1cc(C(=O)O[C@@H](C)C(=O)Nc2cccc(Cl)c2)ccc1[N+](=O)[O-]. The predicted molar refractivity (Wildman–Crippen MR) is 92.8 cm³/mol. The van der Waals surface area contributed by atoms with E-state index in [1.54, 1.807) is 24.3 Å². The van der Waals surface area contributed by atoms with Crippen LogP contribution in [0.25, 0.3) is 0 Å². The summed E-state index contributed by atoms with van der Waals surface area (Å²) in [6, 6.07) is 10.4. The van der Waals surface area contributed by atoms with Crippen LogP contribution >= 0.6 is 11.6 Å². The van der Waals surface area contributed by atoms with Crippen molar-refractivity contribution in [1.82, 2.24) is 0 Å². The number of amides is 1. The first-order chi connectivity index (χ1) is 11.8. The molecule has 1 atom stereocenters. The van der Waals surface area contributed by atoms with Gasteiger partial charge in [0, 0.05) is 22.3 Å². The molecule has 2 rings (SSSR count). The van der Waals surface area contributed by atoms with Crippen LogP contribution < -0.4 is 5.32 Å². The standard InChI is InChI=1S/C17H15ClN2O5/c1-10-8-12(6-7-15(10)20(23)24)17(22)25-11(2)16(21)19-14-5-3-4-13(18)9-14/h3-9,11H,1-2H3,(H,19,21)/t11-/m0/s1. The number of aryl methyl sites for hydroxylation is 1. The third-order valence-corrected chi connectivity index (χ3v) is 3.61. The minimum absolute atomic E-state index is 0.0942. The molecule has 0 spiro atoms. The fraction of sp³-hybridized carbons (Fsp3) is 0.176. The zero-order valence-corrected chi connectivity index (χ0v) is 14.2. The number of benzene rings is 2. The molecule has 0 radical (unpaired) electrons. The number of hydrogen-bond acceptors (Lipinski definition) is 5. The van der Waals surface area contributed by atoms with Crippen molar-refractivity contribution in [3.63, 3.8) is 0 Å². The Balaban J connectivity index is 2.03. The molecule has 8 heteroatoms. The summed E-state index contributed by atoms with van der Waals surface area (Å²) in [5, 5.41) is 13.8. The van der Waals surface area contributed by atoms with E-state index in [9.17, 15) is 19.7 Å². The second-order valence-electron chi connectivity index (χ2n) is 5.31. The monoisotopic (exact) mass is 362 g/mol. The highest BCUT2D eigenvalue weighted by Gasteiger charge is 2.21. The molecular weight excluding hydrogens is 348 g/mol. The molecule has 25 heavy (non-hydrogen) atoms. The summed E-state index contributed by atoms with van der Waals surface area (Å²) in [5.74, 6) is -1.26. The van der Waals surface area contributed by atoms with Gasteiger partial charge in [0.05, 0.1) is 10.5 Å². The number of carbonyl (C=O) groups excluding carboxylic acids is 2. The van der Waals surface area contributed by atoms with E-state index in [-0.39, 0.29) is 11.3 Å². The van der Waals surface area contributed by atoms with E-state index >= 15 is 0 Å². The molecule has 0 bridgehead atoms. The Hall–Kier alpha value is -2.93. The van der Waals surface area contributed by atoms with Crippen molar-refractivity contribution in [1.29, 1.82) is 0 Å². The Labute approximate surface area is 148 Å². The Morgan fingerprint density at radius 1 is 1.24 bits per heavy atom. The number of nitrogens with zero attached hydrogens (tertiary/aromatic N) is 1. The van der Waals surface area contributed by atoms with Crippen molar-refractivity contribution in [2.24, 2.45) is 0 Å². The summed E-state index contributed by atoms with van der Waals surface area (Å²) in [5.41, 5.74) is 0.843. The highest BCUT2D eigenvalue weighted by atomic mass is 35.5. The smallest absolute Gasteiger partial charge is 0.338 e. The molecule has 0 saturated heterocycles. The van der Waals surface area contributed by atoms with Gasteiger partial charge in [-0.2, -0.15) is 0 Å². The molecule has 1 amide bonds. The number of ether oxygens (including phenoxy) is 1. The second kappa shape index (κ2) is 7.76. The molecule has 1 N–H and O–H groups in total. The van der Waals surface area contributed by atoms with Crippen LogP contribution in [0.5, 0.6) is 0 Å². The van der Waals surface area contributed by atoms with E-state index in [2.05, 4.69) is 5.32 Å². The highest BCUT2D eigenvalue weighted by molar-refractivity contribution is 6.30. The largest absolute Gasteiger partial charge is 0.449 e. The summed E-state index contributed by atoms with van der Waals surface area (Å²) in [6.45, 7) is 2.94. The average molecular weight is 363 g/mol. The van der Waals surface area contributed by atoms with Gasteiger partial charge >= 0.3 is 5.97 Å². The molecule has 0 heterocycles. The van der Waals surface area contributed by atoms with E-state index in [1.807, 2.05) is 0 Å². The zero-order valence-electron chi connectivity index (χ0n) is 13.5. The molecule has 0 saturated carbocycles. The Kier molecular flexibility index (Phi) is 5.71. The van der Waals surface area contributed by atoms with Crippen molar-refractivity contribution in [3.8, 4) is 0 Å².